The number of amides is 1. The lowest BCUT2D eigenvalue weighted by atomic mass is 10.1. The first-order valence-electron chi connectivity index (χ1n) is 7.15. The minimum absolute atomic E-state index is 0.111. The fraction of sp³-hybridized carbons (Fsp3) is 0.533. The Morgan fingerprint density at radius 3 is 2.75 bits per heavy atom. The Balaban J connectivity index is 2.08. The van der Waals surface area contributed by atoms with Gasteiger partial charge in [0.15, 0.2) is 0 Å². The molecule has 1 saturated heterocycles. The van der Waals surface area contributed by atoms with Crippen LogP contribution in [0.5, 0.6) is 0 Å². The maximum Gasteiger partial charge on any atom is 0.256 e. The van der Waals surface area contributed by atoms with E-state index in [-0.39, 0.29) is 11.5 Å². The second-order valence-electron chi connectivity index (χ2n) is 5.15. The van der Waals surface area contributed by atoms with Crippen LogP contribution in [0.4, 0.5) is 10.1 Å². The van der Waals surface area contributed by atoms with E-state index in [0.717, 1.165) is 19.5 Å². The average molecular weight is 279 g/mol. The maximum absolute atomic E-state index is 13.8. The smallest absolute Gasteiger partial charge is 0.256 e. The Morgan fingerprint density at radius 2 is 2.15 bits per heavy atom. The number of halogens is 1. The molecule has 1 fully saturated rings. The van der Waals surface area contributed by atoms with Crippen LogP contribution in [0.15, 0.2) is 18.2 Å². The van der Waals surface area contributed by atoms with Crippen molar-refractivity contribution in [1.82, 2.24) is 9.80 Å². The van der Waals surface area contributed by atoms with Crippen LogP contribution in [-0.2, 0) is 0 Å². The largest absolute Gasteiger partial charge is 0.399 e. The quantitative estimate of drug-likeness (QED) is 0.857. The molecule has 20 heavy (non-hydrogen) atoms. The van der Waals surface area contributed by atoms with Crippen LogP contribution in [0.3, 0.4) is 0 Å². The van der Waals surface area contributed by atoms with Crippen molar-refractivity contribution >= 4 is 11.6 Å². The molecule has 1 aromatic rings. The summed E-state index contributed by atoms with van der Waals surface area (Å²) in [5.74, 6) is -0.779. The van der Waals surface area contributed by atoms with E-state index < -0.39 is 5.82 Å². The van der Waals surface area contributed by atoms with Crippen LogP contribution in [0.2, 0.25) is 0 Å². The molecule has 5 heteroatoms. The molecule has 2 N–H and O–H groups in total. The molecule has 1 unspecified atom stereocenters. The fourth-order valence-electron chi connectivity index (χ4n) is 2.84. The number of carbonyl (C=O) groups is 1. The van der Waals surface area contributed by atoms with E-state index in [4.69, 9.17) is 5.73 Å². The van der Waals surface area contributed by atoms with Gasteiger partial charge in [-0.25, -0.2) is 4.39 Å². The van der Waals surface area contributed by atoms with E-state index in [9.17, 15) is 9.18 Å². The Kier molecular flexibility index (Phi) is 4.60. The summed E-state index contributed by atoms with van der Waals surface area (Å²) in [6, 6.07) is 4.61. The molecule has 1 atom stereocenters. The Labute approximate surface area is 119 Å². The molecule has 0 spiro atoms. The maximum atomic E-state index is 13.8. The van der Waals surface area contributed by atoms with E-state index in [1.165, 1.54) is 12.1 Å². The molecule has 0 saturated carbocycles. The first-order chi connectivity index (χ1) is 9.56. The lowest BCUT2D eigenvalue weighted by Crippen LogP contribution is -2.38. The van der Waals surface area contributed by atoms with E-state index in [2.05, 4.69) is 18.7 Å². The monoisotopic (exact) mass is 279 g/mol. The van der Waals surface area contributed by atoms with Gasteiger partial charge in [-0.2, -0.15) is 0 Å². The molecule has 110 valence electrons. The zero-order chi connectivity index (χ0) is 14.7. The van der Waals surface area contributed by atoms with Gasteiger partial charge in [-0.15, -0.1) is 0 Å². The number of nitrogen functional groups attached to an aromatic ring is 1. The topological polar surface area (TPSA) is 49.6 Å². The molecule has 0 radical (unpaired) electrons. The van der Waals surface area contributed by atoms with Crippen LogP contribution >= 0.6 is 0 Å². The molecule has 0 aliphatic carbocycles. The van der Waals surface area contributed by atoms with E-state index in [1.54, 1.807) is 11.0 Å². The number of likely N-dealkylation sites (N-methyl/N-ethyl adjacent to an activating group) is 1. The average Bonchev–Trinajstić information content (AvgIpc) is 2.89. The highest BCUT2D eigenvalue weighted by Crippen LogP contribution is 2.20. The third-order valence-electron chi connectivity index (χ3n) is 4.00. The standard InChI is InChI=1S/C15H22FN3O/c1-3-18(4-2)12-7-8-19(10-12)15(20)13-6-5-11(17)9-14(13)16/h5-6,9,12H,3-4,7-8,10,17H2,1-2H3. The van der Waals surface area contributed by atoms with Gasteiger partial charge in [0.2, 0.25) is 0 Å². The molecule has 0 bridgehead atoms. The fourth-order valence-corrected chi connectivity index (χ4v) is 2.84. The van der Waals surface area contributed by atoms with E-state index >= 15 is 0 Å². The highest BCUT2D eigenvalue weighted by Gasteiger charge is 2.30. The number of hydrogen-bond donors (Lipinski definition) is 1. The number of benzene rings is 1. The van der Waals surface area contributed by atoms with Crippen LogP contribution in [0.1, 0.15) is 30.6 Å². The zero-order valence-electron chi connectivity index (χ0n) is 12.1. The Bertz CT molecular complexity index is 488. The summed E-state index contributed by atoms with van der Waals surface area (Å²) >= 11 is 0. The SMILES string of the molecule is CCN(CC)C1CCN(C(=O)c2ccc(N)cc2F)C1. The van der Waals surface area contributed by atoms with Gasteiger partial charge in [-0.05, 0) is 37.7 Å². The zero-order valence-corrected chi connectivity index (χ0v) is 12.1. The molecule has 1 heterocycles. The highest BCUT2D eigenvalue weighted by atomic mass is 19.1. The summed E-state index contributed by atoms with van der Waals surface area (Å²) in [5, 5.41) is 0. The van der Waals surface area contributed by atoms with Gasteiger partial charge < -0.3 is 10.6 Å². The molecule has 1 amide bonds. The van der Waals surface area contributed by atoms with Crippen LogP contribution in [-0.4, -0.2) is 47.9 Å². The number of hydrogen-bond acceptors (Lipinski definition) is 3. The number of nitrogens with zero attached hydrogens (tertiary/aromatic N) is 2. The van der Waals surface area contributed by atoms with Gasteiger partial charge in [0.25, 0.3) is 5.91 Å². The number of likely N-dealkylation sites (tertiary alicyclic amines) is 1. The summed E-state index contributed by atoms with van der Waals surface area (Å²) in [5.41, 5.74) is 5.95. The molecule has 0 aromatic heterocycles. The summed E-state index contributed by atoms with van der Waals surface area (Å²) in [7, 11) is 0. The van der Waals surface area contributed by atoms with Gasteiger partial charge >= 0.3 is 0 Å². The predicted molar refractivity (Wildman–Crippen MR) is 78.0 cm³/mol. The molecule has 4 nitrogen and oxygen atoms in total. The Morgan fingerprint density at radius 1 is 1.45 bits per heavy atom. The number of anilines is 1. The van der Waals surface area contributed by atoms with Crippen LogP contribution in [0, 0.1) is 5.82 Å². The predicted octanol–water partition coefficient (Wildman–Crippen LogP) is 1.96. The third-order valence-corrected chi connectivity index (χ3v) is 4.00. The van der Waals surface area contributed by atoms with Crippen molar-refractivity contribution in [2.45, 2.75) is 26.3 Å². The van der Waals surface area contributed by atoms with Crippen molar-refractivity contribution in [3.8, 4) is 0 Å². The molecular weight excluding hydrogens is 257 g/mol. The van der Waals surface area contributed by atoms with Crippen molar-refractivity contribution in [3.63, 3.8) is 0 Å². The Hall–Kier alpha value is -1.62. The van der Waals surface area contributed by atoms with E-state index in [1.807, 2.05) is 0 Å². The number of carbonyl (C=O) groups excluding carboxylic acids is 1. The minimum atomic E-state index is -0.540. The second kappa shape index (κ2) is 6.22. The number of rotatable bonds is 4. The van der Waals surface area contributed by atoms with Gasteiger partial charge in [-0.1, -0.05) is 13.8 Å². The first kappa shape index (κ1) is 14.8. The van der Waals surface area contributed by atoms with Gasteiger partial charge in [0.1, 0.15) is 5.82 Å². The second-order valence-corrected chi connectivity index (χ2v) is 5.15. The lowest BCUT2D eigenvalue weighted by molar-refractivity contribution is 0.0773. The summed E-state index contributed by atoms with van der Waals surface area (Å²) < 4.78 is 13.8. The van der Waals surface area contributed by atoms with Crippen molar-refractivity contribution in [2.75, 3.05) is 31.9 Å². The van der Waals surface area contributed by atoms with Crippen molar-refractivity contribution in [1.29, 1.82) is 0 Å². The lowest BCUT2D eigenvalue weighted by Gasteiger charge is -2.26. The van der Waals surface area contributed by atoms with Crippen LogP contribution < -0.4 is 5.73 Å². The number of nitrogens with two attached hydrogens (primary N) is 1. The molecule has 1 aliphatic heterocycles. The van der Waals surface area contributed by atoms with Crippen molar-refractivity contribution < 1.29 is 9.18 Å². The molecule has 1 aliphatic rings. The summed E-state index contributed by atoms with van der Waals surface area (Å²) in [4.78, 5) is 16.4. The van der Waals surface area contributed by atoms with Crippen molar-refractivity contribution in [2.24, 2.45) is 0 Å². The highest BCUT2D eigenvalue weighted by molar-refractivity contribution is 5.95. The normalized spacial score (nSPS) is 18.8. The van der Waals surface area contributed by atoms with Crippen LogP contribution in [0.25, 0.3) is 0 Å². The molecule has 2 rings (SSSR count). The first-order valence-corrected chi connectivity index (χ1v) is 7.15. The molecule has 1 aromatic carbocycles. The van der Waals surface area contributed by atoms with Crippen molar-refractivity contribution in [3.05, 3.63) is 29.6 Å². The molecular formula is C15H22FN3O. The van der Waals surface area contributed by atoms with Gasteiger partial charge in [0.05, 0.1) is 5.56 Å². The minimum Gasteiger partial charge on any atom is -0.399 e. The van der Waals surface area contributed by atoms with Gasteiger partial charge in [-0.3, -0.25) is 9.69 Å². The van der Waals surface area contributed by atoms with Gasteiger partial charge in [0, 0.05) is 24.8 Å². The summed E-state index contributed by atoms with van der Waals surface area (Å²) in [6.45, 7) is 7.54. The third kappa shape index (κ3) is 2.93. The van der Waals surface area contributed by atoms with E-state index in [0.29, 0.717) is 24.8 Å². The summed E-state index contributed by atoms with van der Waals surface area (Å²) in [6.07, 6.45) is 0.948.